The zero-order valence-corrected chi connectivity index (χ0v) is 12.9. The second-order valence-electron chi connectivity index (χ2n) is 4.99. The van der Waals surface area contributed by atoms with Crippen molar-refractivity contribution in [2.24, 2.45) is 7.05 Å². The summed E-state index contributed by atoms with van der Waals surface area (Å²) in [6, 6.07) is 0. The molecule has 1 N–H and O–H groups in total. The Kier molecular flexibility index (Phi) is 4.44. The first-order valence-electron chi connectivity index (χ1n) is 6.79. The first kappa shape index (κ1) is 14.6. The van der Waals surface area contributed by atoms with Crippen molar-refractivity contribution in [3.05, 3.63) is 28.8 Å². The molecule has 2 aromatic rings. The summed E-state index contributed by atoms with van der Waals surface area (Å²) >= 11 is 0. The number of hydrogen-bond donors (Lipinski definition) is 1. The fraction of sp³-hybridized carbons (Fsp3) is 0.571. The lowest BCUT2D eigenvalue weighted by atomic mass is 10.2. The maximum Gasteiger partial charge on any atom is 0.0828 e. The minimum Gasteiger partial charge on any atom is -0.383 e. The maximum atomic E-state index is 5.11. The lowest BCUT2D eigenvalue weighted by Crippen LogP contribution is -2.08. The molecule has 0 atom stereocenters. The molecule has 6 heteroatoms. The van der Waals surface area contributed by atoms with Crippen molar-refractivity contribution in [2.75, 3.05) is 19.0 Å². The zero-order valence-electron chi connectivity index (χ0n) is 12.9. The summed E-state index contributed by atoms with van der Waals surface area (Å²) in [4.78, 5) is 0. The molecule has 2 aromatic heterocycles. The molecular weight excluding hydrogens is 254 g/mol. The van der Waals surface area contributed by atoms with E-state index in [-0.39, 0.29) is 0 Å². The zero-order chi connectivity index (χ0) is 14.7. The van der Waals surface area contributed by atoms with Gasteiger partial charge in [0.2, 0.25) is 0 Å². The molecular formula is C14H23N5O. The van der Waals surface area contributed by atoms with Gasteiger partial charge < -0.3 is 10.1 Å². The Morgan fingerprint density at radius 3 is 2.60 bits per heavy atom. The molecule has 0 fully saturated rings. The van der Waals surface area contributed by atoms with Crippen molar-refractivity contribution in [2.45, 2.75) is 33.9 Å². The van der Waals surface area contributed by atoms with Gasteiger partial charge in [0.15, 0.2) is 0 Å². The average molecular weight is 277 g/mol. The Morgan fingerprint density at radius 1 is 1.25 bits per heavy atom. The molecule has 0 aromatic carbocycles. The summed E-state index contributed by atoms with van der Waals surface area (Å²) in [5.74, 6) is 0. The van der Waals surface area contributed by atoms with E-state index >= 15 is 0 Å². The van der Waals surface area contributed by atoms with Crippen LogP contribution in [0.1, 0.15) is 22.6 Å². The number of aryl methyl sites for hydroxylation is 2. The smallest absolute Gasteiger partial charge is 0.0828 e. The Bertz CT molecular complexity index is 585. The van der Waals surface area contributed by atoms with Gasteiger partial charge in [-0.15, -0.1) is 0 Å². The molecule has 2 heterocycles. The third-order valence-electron chi connectivity index (χ3n) is 3.68. The largest absolute Gasteiger partial charge is 0.383 e. The third-order valence-corrected chi connectivity index (χ3v) is 3.68. The van der Waals surface area contributed by atoms with Gasteiger partial charge in [-0.2, -0.15) is 10.2 Å². The van der Waals surface area contributed by atoms with E-state index in [1.54, 1.807) is 7.11 Å². The molecule has 2 rings (SSSR count). The van der Waals surface area contributed by atoms with E-state index < -0.39 is 0 Å². The second kappa shape index (κ2) is 6.09. The molecule has 0 saturated carbocycles. The van der Waals surface area contributed by atoms with E-state index in [1.807, 2.05) is 29.5 Å². The minimum absolute atomic E-state index is 0.670. The molecule has 0 aliphatic carbocycles. The average Bonchev–Trinajstić information content (AvgIpc) is 2.88. The summed E-state index contributed by atoms with van der Waals surface area (Å²) in [6.07, 6.45) is 1.91. The summed E-state index contributed by atoms with van der Waals surface area (Å²) in [5.41, 5.74) is 5.64. The lowest BCUT2D eigenvalue weighted by Gasteiger charge is -2.07. The molecule has 6 nitrogen and oxygen atoms in total. The van der Waals surface area contributed by atoms with E-state index in [0.29, 0.717) is 6.61 Å². The molecule has 0 spiro atoms. The van der Waals surface area contributed by atoms with Gasteiger partial charge in [0.05, 0.1) is 36.4 Å². The summed E-state index contributed by atoms with van der Waals surface area (Å²) in [7, 11) is 3.66. The molecule has 0 aliphatic heterocycles. The molecule has 0 radical (unpaired) electrons. The van der Waals surface area contributed by atoms with E-state index in [4.69, 9.17) is 4.74 Å². The Hall–Kier alpha value is -1.82. The Labute approximate surface area is 119 Å². The highest BCUT2D eigenvalue weighted by atomic mass is 16.5. The van der Waals surface area contributed by atoms with Crippen LogP contribution < -0.4 is 5.32 Å². The number of hydrogen-bond acceptors (Lipinski definition) is 4. The molecule has 0 bridgehead atoms. The highest BCUT2D eigenvalue weighted by Gasteiger charge is 2.12. The number of nitrogens with one attached hydrogen (secondary N) is 1. The van der Waals surface area contributed by atoms with E-state index in [1.165, 1.54) is 11.3 Å². The quantitative estimate of drug-likeness (QED) is 0.874. The first-order chi connectivity index (χ1) is 9.54. The van der Waals surface area contributed by atoms with Gasteiger partial charge in [0.1, 0.15) is 0 Å². The van der Waals surface area contributed by atoms with Crippen LogP contribution in [0.25, 0.3) is 0 Å². The van der Waals surface area contributed by atoms with Gasteiger partial charge >= 0.3 is 0 Å². The van der Waals surface area contributed by atoms with E-state index in [2.05, 4.69) is 29.4 Å². The lowest BCUT2D eigenvalue weighted by molar-refractivity contribution is 0.182. The number of anilines is 1. The summed E-state index contributed by atoms with van der Waals surface area (Å²) in [6.45, 7) is 8.38. The van der Waals surface area contributed by atoms with Crippen LogP contribution in [0.5, 0.6) is 0 Å². The molecule has 0 unspecified atom stereocenters. The van der Waals surface area contributed by atoms with Gasteiger partial charge in [-0.3, -0.25) is 9.36 Å². The van der Waals surface area contributed by atoms with Crippen molar-refractivity contribution < 1.29 is 4.74 Å². The van der Waals surface area contributed by atoms with Crippen molar-refractivity contribution in [1.82, 2.24) is 19.6 Å². The van der Waals surface area contributed by atoms with Crippen molar-refractivity contribution >= 4 is 5.69 Å². The number of methoxy groups -OCH3 is 1. The van der Waals surface area contributed by atoms with Gasteiger partial charge in [0, 0.05) is 32.0 Å². The van der Waals surface area contributed by atoms with Crippen LogP contribution in [0.3, 0.4) is 0 Å². The number of ether oxygens (including phenoxy) is 1. The van der Waals surface area contributed by atoms with Crippen LogP contribution in [0.15, 0.2) is 6.20 Å². The van der Waals surface area contributed by atoms with Crippen LogP contribution in [-0.4, -0.2) is 33.3 Å². The van der Waals surface area contributed by atoms with Crippen LogP contribution in [0, 0.1) is 20.8 Å². The molecule has 0 saturated heterocycles. The number of nitrogens with zero attached hydrogens (tertiary/aromatic N) is 4. The normalized spacial score (nSPS) is 11.1. The SMILES string of the molecule is COCCn1nc(C)c(NCc2cnn(C)c2C)c1C. The van der Waals surface area contributed by atoms with Crippen LogP contribution in [-0.2, 0) is 24.9 Å². The summed E-state index contributed by atoms with van der Waals surface area (Å²) < 4.78 is 8.98. The molecule has 20 heavy (non-hydrogen) atoms. The summed E-state index contributed by atoms with van der Waals surface area (Å²) in [5, 5.41) is 12.3. The van der Waals surface area contributed by atoms with E-state index in [9.17, 15) is 0 Å². The first-order valence-corrected chi connectivity index (χ1v) is 6.79. The third kappa shape index (κ3) is 2.85. The highest BCUT2D eigenvalue weighted by Crippen LogP contribution is 2.20. The van der Waals surface area contributed by atoms with Gasteiger partial charge in [0.25, 0.3) is 0 Å². The maximum absolute atomic E-state index is 5.11. The van der Waals surface area contributed by atoms with Crippen molar-refractivity contribution in [3.8, 4) is 0 Å². The predicted molar refractivity (Wildman–Crippen MR) is 78.8 cm³/mol. The topological polar surface area (TPSA) is 56.9 Å². The monoisotopic (exact) mass is 277 g/mol. The van der Waals surface area contributed by atoms with Crippen LogP contribution in [0.4, 0.5) is 5.69 Å². The minimum atomic E-state index is 0.670. The van der Waals surface area contributed by atoms with Crippen molar-refractivity contribution in [3.63, 3.8) is 0 Å². The van der Waals surface area contributed by atoms with Crippen LogP contribution in [0.2, 0.25) is 0 Å². The fourth-order valence-electron chi connectivity index (χ4n) is 2.25. The van der Waals surface area contributed by atoms with Gasteiger partial charge in [-0.25, -0.2) is 0 Å². The number of aromatic nitrogens is 4. The Balaban J connectivity index is 2.09. The highest BCUT2D eigenvalue weighted by molar-refractivity contribution is 5.52. The fourth-order valence-corrected chi connectivity index (χ4v) is 2.25. The molecule has 0 amide bonds. The number of rotatable bonds is 6. The van der Waals surface area contributed by atoms with E-state index in [0.717, 1.165) is 30.2 Å². The Morgan fingerprint density at radius 2 is 2.00 bits per heavy atom. The van der Waals surface area contributed by atoms with Crippen molar-refractivity contribution in [1.29, 1.82) is 0 Å². The molecule has 0 aliphatic rings. The van der Waals surface area contributed by atoms with Gasteiger partial charge in [-0.05, 0) is 20.8 Å². The second-order valence-corrected chi connectivity index (χ2v) is 4.99. The predicted octanol–water partition coefficient (Wildman–Crippen LogP) is 1.80. The van der Waals surface area contributed by atoms with Crippen LogP contribution >= 0.6 is 0 Å². The molecule has 110 valence electrons. The van der Waals surface area contributed by atoms with Gasteiger partial charge in [-0.1, -0.05) is 0 Å². The standard InChI is InChI=1S/C14H23N5O/c1-10-14(12(3)19(17-10)6-7-20-5)15-8-13-9-16-18(4)11(13)2/h9,15H,6-8H2,1-5H3.